The van der Waals surface area contributed by atoms with Gasteiger partial charge in [-0.1, -0.05) is 53.2 Å². The molecule has 0 unspecified atom stereocenters. The van der Waals surface area contributed by atoms with Crippen molar-refractivity contribution >= 4 is 29.5 Å². The summed E-state index contributed by atoms with van der Waals surface area (Å²) < 4.78 is 11.2. The lowest BCUT2D eigenvalue weighted by molar-refractivity contribution is 0.130. The number of benzene rings is 1. The highest BCUT2D eigenvalue weighted by molar-refractivity contribution is 7.98. The van der Waals surface area contributed by atoms with Gasteiger partial charge in [-0.05, 0) is 31.7 Å². The van der Waals surface area contributed by atoms with E-state index >= 15 is 0 Å². The van der Waals surface area contributed by atoms with E-state index in [4.69, 9.17) is 26.1 Å². The zero-order valence-electron chi connectivity index (χ0n) is 18.2. The second-order valence-corrected chi connectivity index (χ2v) is 8.72. The summed E-state index contributed by atoms with van der Waals surface area (Å²) in [6.07, 6.45) is 4.41. The van der Waals surface area contributed by atoms with E-state index in [1.807, 2.05) is 44.4 Å². The number of halogens is 1. The van der Waals surface area contributed by atoms with Gasteiger partial charge in [-0.15, -0.1) is 0 Å². The topological polar surface area (TPSA) is 77.4 Å². The van der Waals surface area contributed by atoms with Gasteiger partial charge in [-0.2, -0.15) is 0 Å². The van der Waals surface area contributed by atoms with Gasteiger partial charge in [-0.25, -0.2) is 19.7 Å². The third-order valence-electron chi connectivity index (χ3n) is 5.41. The van der Waals surface area contributed by atoms with E-state index in [2.05, 4.69) is 9.97 Å². The molecule has 1 amide bonds. The number of methoxy groups -OCH3 is 1. The Morgan fingerprint density at radius 3 is 2.75 bits per heavy atom. The molecule has 0 spiro atoms. The molecule has 166 valence electrons. The summed E-state index contributed by atoms with van der Waals surface area (Å²) in [4.78, 5) is 27.9. The number of pyridine rings is 1. The van der Waals surface area contributed by atoms with Crippen LogP contribution in [0.15, 0.2) is 47.9 Å². The van der Waals surface area contributed by atoms with Crippen LogP contribution in [0.4, 0.5) is 4.79 Å². The van der Waals surface area contributed by atoms with Crippen LogP contribution in [0.5, 0.6) is 5.88 Å². The zero-order valence-corrected chi connectivity index (χ0v) is 19.8. The molecule has 3 heterocycles. The molecule has 2 aromatic heterocycles. The van der Waals surface area contributed by atoms with E-state index < -0.39 is 0 Å². The summed E-state index contributed by atoms with van der Waals surface area (Å²) in [6.45, 7) is 4.26. The molecule has 7 nitrogen and oxygen atoms in total. The largest absolute Gasteiger partial charge is 0.481 e. The van der Waals surface area contributed by atoms with Crippen LogP contribution in [0.25, 0.3) is 11.1 Å². The summed E-state index contributed by atoms with van der Waals surface area (Å²) in [5.41, 5.74) is 4.13. The summed E-state index contributed by atoms with van der Waals surface area (Å²) in [7, 11) is 1.54. The van der Waals surface area contributed by atoms with Crippen molar-refractivity contribution in [2.45, 2.75) is 37.7 Å². The van der Waals surface area contributed by atoms with Gasteiger partial charge in [0, 0.05) is 23.5 Å². The number of nitrogens with zero attached hydrogens (tertiary/aromatic N) is 4. The summed E-state index contributed by atoms with van der Waals surface area (Å²) in [5.74, 6) is 0.408. The first-order chi connectivity index (χ1) is 15.4. The fourth-order valence-electron chi connectivity index (χ4n) is 3.79. The van der Waals surface area contributed by atoms with Crippen molar-refractivity contribution < 1.29 is 14.3 Å². The number of amides is 1. The molecular weight excluding hydrogens is 448 g/mol. The van der Waals surface area contributed by atoms with Crippen molar-refractivity contribution in [1.82, 2.24) is 19.9 Å². The molecule has 1 fully saturated rings. The van der Waals surface area contributed by atoms with Gasteiger partial charge in [-0.3, -0.25) is 4.90 Å². The first kappa shape index (κ1) is 22.4. The van der Waals surface area contributed by atoms with E-state index in [1.54, 1.807) is 24.3 Å². The van der Waals surface area contributed by atoms with Gasteiger partial charge in [0.25, 0.3) is 0 Å². The van der Waals surface area contributed by atoms with Crippen LogP contribution in [0.1, 0.15) is 29.8 Å². The van der Waals surface area contributed by atoms with Crippen molar-refractivity contribution in [2.75, 3.05) is 13.4 Å². The molecule has 4 rings (SSSR count). The second kappa shape index (κ2) is 9.34. The first-order valence-electron chi connectivity index (χ1n) is 10.0. The number of aryl methyl sites for hydroxylation is 1. The second-order valence-electron chi connectivity index (χ2n) is 7.51. The number of carbonyl (C=O) groups excluding carboxylic acids is 1. The smallest absolute Gasteiger partial charge is 0.411 e. The minimum absolute atomic E-state index is 0.177. The molecule has 0 saturated carbocycles. The fourth-order valence-corrected chi connectivity index (χ4v) is 4.31. The van der Waals surface area contributed by atoms with Crippen molar-refractivity contribution in [2.24, 2.45) is 0 Å². The number of aromatic nitrogens is 3. The van der Waals surface area contributed by atoms with Gasteiger partial charge in [0.1, 0.15) is 6.10 Å². The molecule has 3 aromatic rings. The Morgan fingerprint density at radius 2 is 2.03 bits per heavy atom. The van der Waals surface area contributed by atoms with Gasteiger partial charge in [0.2, 0.25) is 5.88 Å². The van der Waals surface area contributed by atoms with Gasteiger partial charge >= 0.3 is 6.09 Å². The minimum atomic E-state index is -0.379. The van der Waals surface area contributed by atoms with E-state index in [9.17, 15) is 4.79 Å². The maximum absolute atomic E-state index is 12.8. The number of hydrogen-bond donors (Lipinski definition) is 0. The molecule has 1 aliphatic heterocycles. The molecule has 0 N–H and O–H groups in total. The standard InChI is InChI=1S/C23H23ClN4O3S/c1-13-6-5-7-15(8-13)20-14(2)28(23(29)31-20)12-19-18(11-26-22(27-19)32-4)17-9-16(24)10-25-21(17)30-3/h5-11,14,20H,12H2,1-4H3/t14-,20-/m0/s1. The van der Waals surface area contributed by atoms with E-state index in [0.29, 0.717) is 32.9 Å². The lowest BCUT2D eigenvalue weighted by Gasteiger charge is -2.22. The molecular formula is C23H23ClN4O3S. The number of carbonyl (C=O) groups is 1. The molecule has 0 radical (unpaired) electrons. The highest BCUT2D eigenvalue weighted by Crippen LogP contribution is 2.37. The number of cyclic esters (lactones) is 1. The Balaban J connectivity index is 1.71. The Kier molecular flexibility index (Phi) is 6.53. The Bertz CT molecular complexity index is 1160. The maximum atomic E-state index is 12.8. The lowest BCUT2D eigenvalue weighted by Crippen LogP contribution is -2.32. The molecule has 2 atom stereocenters. The molecule has 9 heteroatoms. The summed E-state index contributed by atoms with van der Waals surface area (Å²) in [6, 6.07) is 9.60. The third kappa shape index (κ3) is 4.38. The van der Waals surface area contributed by atoms with Gasteiger partial charge in [0.15, 0.2) is 5.16 Å². The van der Waals surface area contributed by atoms with Crippen LogP contribution in [-0.2, 0) is 11.3 Å². The number of ether oxygens (including phenoxy) is 2. The van der Waals surface area contributed by atoms with Crippen LogP contribution < -0.4 is 4.74 Å². The van der Waals surface area contributed by atoms with Crippen molar-refractivity contribution in [3.8, 4) is 17.0 Å². The van der Waals surface area contributed by atoms with Crippen LogP contribution in [0.3, 0.4) is 0 Å². The van der Waals surface area contributed by atoms with E-state index in [-0.39, 0.29) is 24.8 Å². The molecule has 0 bridgehead atoms. The number of hydrogen-bond acceptors (Lipinski definition) is 7. The fraction of sp³-hybridized carbons (Fsp3) is 0.304. The zero-order chi connectivity index (χ0) is 22.8. The van der Waals surface area contributed by atoms with Crippen LogP contribution in [0.2, 0.25) is 5.02 Å². The Hall–Kier alpha value is -2.84. The lowest BCUT2D eigenvalue weighted by atomic mass is 10.0. The van der Waals surface area contributed by atoms with Gasteiger partial charge in [0.05, 0.1) is 30.4 Å². The van der Waals surface area contributed by atoms with E-state index in [0.717, 1.165) is 11.1 Å². The van der Waals surface area contributed by atoms with Crippen LogP contribution in [-0.4, -0.2) is 45.4 Å². The highest BCUT2D eigenvalue weighted by Gasteiger charge is 2.40. The summed E-state index contributed by atoms with van der Waals surface area (Å²) >= 11 is 7.63. The van der Waals surface area contributed by atoms with Crippen LogP contribution >= 0.6 is 23.4 Å². The Labute approximate surface area is 196 Å². The normalized spacial score (nSPS) is 18.0. The SMILES string of the molecule is COc1ncc(Cl)cc1-c1cnc(SC)nc1CN1C(=O)O[C@H](c2cccc(C)c2)[C@@H]1C. The van der Waals surface area contributed by atoms with Crippen molar-refractivity contribution in [3.05, 3.63) is 64.6 Å². The maximum Gasteiger partial charge on any atom is 0.411 e. The quantitative estimate of drug-likeness (QED) is 0.356. The number of rotatable bonds is 6. The third-order valence-corrected chi connectivity index (χ3v) is 6.18. The van der Waals surface area contributed by atoms with E-state index in [1.165, 1.54) is 18.0 Å². The first-order valence-corrected chi connectivity index (χ1v) is 11.6. The Morgan fingerprint density at radius 1 is 1.22 bits per heavy atom. The molecule has 1 aromatic carbocycles. The number of thioether (sulfide) groups is 1. The van der Waals surface area contributed by atoms with Crippen LogP contribution in [0, 0.1) is 6.92 Å². The van der Waals surface area contributed by atoms with Crippen molar-refractivity contribution in [1.29, 1.82) is 0 Å². The predicted octanol–water partition coefficient (Wildman–Crippen LogP) is 5.31. The van der Waals surface area contributed by atoms with Gasteiger partial charge < -0.3 is 9.47 Å². The average Bonchev–Trinajstić information content (AvgIpc) is 3.07. The molecule has 1 saturated heterocycles. The average molecular weight is 471 g/mol. The monoisotopic (exact) mass is 470 g/mol. The molecule has 32 heavy (non-hydrogen) atoms. The van der Waals surface area contributed by atoms with Crippen molar-refractivity contribution in [3.63, 3.8) is 0 Å². The molecule has 1 aliphatic rings. The predicted molar refractivity (Wildman–Crippen MR) is 124 cm³/mol. The minimum Gasteiger partial charge on any atom is -0.481 e. The summed E-state index contributed by atoms with van der Waals surface area (Å²) in [5, 5.41) is 1.07. The molecule has 0 aliphatic carbocycles. The highest BCUT2D eigenvalue weighted by atomic mass is 35.5.